The van der Waals surface area contributed by atoms with Gasteiger partial charge in [-0.1, -0.05) is 25.1 Å². The maximum absolute atomic E-state index is 12.2. The number of hydrogen-bond acceptors (Lipinski definition) is 3. The van der Waals surface area contributed by atoms with Gasteiger partial charge in [0.2, 0.25) is 0 Å². The first-order valence-electron chi connectivity index (χ1n) is 7.84. The lowest BCUT2D eigenvalue weighted by molar-refractivity contribution is -0.131. The summed E-state index contributed by atoms with van der Waals surface area (Å²) >= 11 is 0. The smallest absolute Gasteiger partial charge is 0.253 e. The van der Waals surface area contributed by atoms with Crippen molar-refractivity contribution in [3.05, 3.63) is 29.8 Å². The average Bonchev–Trinajstić information content (AvgIpc) is 2.50. The highest BCUT2D eigenvalue weighted by Gasteiger charge is 2.23. The van der Waals surface area contributed by atoms with E-state index in [4.69, 9.17) is 10.5 Å². The fraction of sp³-hybridized carbons (Fsp3) is 0.588. The highest BCUT2D eigenvalue weighted by molar-refractivity contribution is 5.94. The summed E-state index contributed by atoms with van der Waals surface area (Å²) in [5.74, 6) is 0.680. The van der Waals surface area contributed by atoms with Crippen molar-refractivity contribution in [2.75, 3.05) is 5.32 Å². The second kappa shape index (κ2) is 7.57. The minimum absolute atomic E-state index is 0.102. The number of hydrogen-bond donors (Lipinski definition) is 2. The molecule has 1 fully saturated rings. The van der Waals surface area contributed by atoms with E-state index in [1.165, 1.54) is 12.8 Å². The Kier molecular flexibility index (Phi) is 5.76. The van der Waals surface area contributed by atoms with E-state index in [2.05, 4.69) is 12.2 Å². The van der Waals surface area contributed by atoms with Crippen molar-refractivity contribution in [2.45, 2.75) is 58.3 Å². The predicted molar refractivity (Wildman–Crippen MR) is 84.9 cm³/mol. The molecule has 1 amide bonds. The molecule has 1 saturated carbocycles. The molecule has 0 aromatic heterocycles. The largest absolute Gasteiger partial charge is 0.365 e. The number of benzene rings is 1. The van der Waals surface area contributed by atoms with Gasteiger partial charge in [-0.15, -0.1) is 0 Å². The third-order valence-electron chi connectivity index (χ3n) is 4.22. The second-order valence-electron chi connectivity index (χ2n) is 6.01. The molecule has 4 heteroatoms. The summed E-state index contributed by atoms with van der Waals surface area (Å²) in [6, 6.07) is 7.60. The number of para-hydroxylation sites is 1. The molecule has 21 heavy (non-hydrogen) atoms. The fourth-order valence-corrected chi connectivity index (χ4v) is 2.77. The van der Waals surface area contributed by atoms with E-state index in [1.54, 1.807) is 0 Å². The van der Waals surface area contributed by atoms with Crippen LogP contribution in [0.15, 0.2) is 24.3 Å². The number of rotatable bonds is 5. The molecule has 0 bridgehead atoms. The van der Waals surface area contributed by atoms with Crippen molar-refractivity contribution in [3.8, 4) is 0 Å². The summed E-state index contributed by atoms with van der Waals surface area (Å²) in [7, 11) is 0. The van der Waals surface area contributed by atoms with Gasteiger partial charge >= 0.3 is 0 Å². The van der Waals surface area contributed by atoms with Gasteiger partial charge < -0.3 is 15.8 Å². The van der Waals surface area contributed by atoms with Crippen LogP contribution in [0.2, 0.25) is 0 Å². The Morgan fingerprint density at radius 1 is 1.33 bits per heavy atom. The summed E-state index contributed by atoms with van der Waals surface area (Å²) in [5, 5.41) is 2.92. The average molecular weight is 290 g/mol. The van der Waals surface area contributed by atoms with Crippen molar-refractivity contribution in [3.63, 3.8) is 0 Å². The second-order valence-corrected chi connectivity index (χ2v) is 6.01. The van der Waals surface area contributed by atoms with Crippen LogP contribution in [0.3, 0.4) is 0 Å². The molecule has 0 spiro atoms. The quantitative estimate of drug-likeness (QED) is 0.876. The minimum atomic E-state index is -0.436. The molecule has 1 aliphatic carbocycles. The Labute approximate surface area is 127 Å². The van der Waals surface area contributed by atoms with Gasteiger partial charge in [-0.05, 0) is 50.2 Å². The lowest BCUT2D eigenvalue weighted by atomic mass is 9.89. The van der Waals surface area contributed by atoms with E-state index in [1.807, 2.05) is 31.2 Å². The molecule has 1 unspecified atom stereocenters. The fourth-order valence-electron chi connectivity index (χ4n) is 2.77. The first-order valence-corrected chi connectivity index (χ1v) is 7.84. The predicted octanol–water partition coefficient (Wildman–Crippen LogP) is 3.07. The molecule has 1 atom stereocenters. The van der Waals surface area contributed by atoms with Crippen LogP contribution in [-0.4, -0.2) is 18.1 Å². The number of carbonyl (C=O) groups excluding carboxylic acids is 1. The van der Waals surface area contributed by atoms with Gasteiger partial charge in [0.1, 0.15) is 6.10 Å². The highest BCUT2D eigenvalue weighted by atomic mass is 16.5. The monoisotopic (exact) mass is 290 g/mol. The molecule has 116 valence electrons. The van der Waals surface area contributed by atoms with Gasteiger partial charge in [0.15, 0.2) is 0 Å². The van der Waals surface area contributed by atoms with Crippen LogP contribution >= 0.6 is 0 Å². The van der Waals surface area contributed by atoms with Crippen LogP contribution in [0.1, 0.15) is 45.1 Å². The van der Waals surface area contributed by atoms with E-state index in [0.29, 0.717) is 6.54 Å². The maximum atomic E-state index is 12.2. The van der Waals surface area contributed by atoms with Crippen molar-refractivity contribution >= 4 is 11.6 Å². The van der Waals surface area contributed by atoms with Crippen molar-refractivity contribution < 1.29 is 9.53 Å². The number of carbonyl (C=O) groups is 1. The number of nitrogens with two attached hydrogens (primary N) is 1. The Bertz CT molecular complexity index is 468. The van der Waals surface area contributed by atoms with Gasteiger partial charge in [-0.2, -0.15) is 0 Å². The number of amides is 1. The SMILES string of the molecule is CC1CCC(OC(C)C(=O)Nc2ccccc2CN)CC1. The Morgan fingerprint density at radius 3 is 2.67 bits per heavy atom. The van der Waals surface area contributed by atoms with E-state index in [0.717, 1.165) is 30.0 Å². The highest BCUT2D eigenvalue weighted by Crippen LogP contribution is 2.26. The number of nitrogens with one attached hydrogen (secondary N) is 1. The zero-order valence-corrected chi connectivity index (χ0v) is 13.0. The molecule has 4 nitrogen and oxygen atoms in total. The molecular formula is C17H26N2O2. The van der Waals surface area contributed by atoms with Crippen LogP contribution in [0, 0.1) is 5.92 Å². The zero-order valence-electron chi connectivity index (χ0n) is 13.0. The van der Waals surface area contributed by atoms with Crippen LogP contribution in [0.25, 0.3) is 0 Å². The van der Waals surface area contributed by atoms with Gasteiger partial charge in [0.25, 0.3) is 5.91 Å². The van der Waals surface area contributed by atoms with Crippen LogP contribution < -0.4 is 11.1 Å². The third kappa shape index (κ3) is 4.55. The lowest BCUT2D eigenvalue weighted by Crippen LogP contribution is -2.33. The Morgan fingerprint density at radius 2 is 2.00 bits per heavy atom. The van der Waals surface area contributed by atoms with Crippen molar-refractivity contribution in [2.24, 2.45) is 11.7 Å². The van der Waals surface area contributed by atoms with Crippen LogP contribution in [0.5, 0.6) is 0 Å². The molecule has 2 rings (SSSR count). The first-order chi connectivity index (χ1) is 10.1. The van der Waals surface area contributed by atoms with Crippen LogP contribution in [-0.2, 0) is 16.1 Å². The van der Waals surface area contributed by atoms with E-state index < -0.39 is 6.10 Å². The summed E-state index contributed by atoms with van der Waals surface area (Å²) in [4.78, 5) is 12.2. The molecule has 0 radical (unpaired) electrons. The summed E-state index contributed by atoms with van der Waals surface area (Å²) in [5.41, 5.74) is 7.39. The molecule has 1 aromatic carbocycles. The summed E-state index contributed by atoms with van der Waals surface area (Å²) < 4.78 is 5.90. The third-order valence-corrected chi connectivity index (χ3v) is 4.22. The number of ether oxygens (including phenoxy) is 1. The van der Waals surface area contributed by atoms with E-state index in [-0.39, 0.29) is 12.0 Å². The number of anilines is 1. The van der Waals surface area contributed by atoms with E-state index >= 15 is 0 Å². The van der Waals surface area contributed by atoms with Gasteiger partial charge in [0.05, 0.1) is 6.10 Å². The topological polar surface area (TPSA) is 64.3 Å². The molecule has 0 heterocycles. The normalized spacial score (nSPS) is 23.6. The van der Waals surface area contributed by atoms with Crippen molar-refractivity contribution in [1.82, 2.24) is 0 Å². The standard InChI is InChI=1S/C17H26N2O2/c1-12-7-9-15(10-8-12)21-13(2)17(20)19-16-6-4-3-5-14(16)11-18/h3-6,12-13,15H,7-11,18H2,1-2H3,(H,19,20). The lowest BCUT2D eigenvalue weighted by Gasteiger charge is -2.28. The molecule has 0 aliphatic heterocycles. The Hall–Kier alpha value is -1.39. The summed E-state index contributed by atoms with van der Waals surface area (Å²) in [6.07, 6.45) is 4.27. The van der Waals surface area contributed by atoms with Gasteiger partial charge in [-0.3, -0.25) is 4.79 Å². The van der Waals surface area contributed by atoms with E-state index in [9.17, 15) is 4.79 Å². The molecule has 1 aromatic rings. The van der Waals surface area contributed by atoms with Crippen LogP contribution in [0.4, 0.5) is 5.69 Å². The maximum Gasteiger partial charge on any atom is 0.253 e. The summed E-state index contributed by atoms with van der Waals surface area (Å²) in [6.45, 7) is 4.50. The zero-order chi connectivity index (χ0) is 15.2. The molecular weight excluding hydrogens is 264 g/mol. The van der Waals surface area contributed by atoms with Gasteiger partial charge in [0, 0.05) is 12.2 Å². The van der Waals surface area contributed by atoms with Crippen molar-refractivity contribution in [1.29, 1.82) is 0 Å². The first kappa shape index (κ1) is 16.0. The Balaban J connectivity index is 1.87. The van der Waals surface area contributed by atoms with Gasteiger partial charge in [-0.25, -0.2) is 0 Å². The molecule has 0 saturated heterocycles. The molecule has 1 aliphatic rings. The molecule has 3 N–H and O–H groups in total. The minimum Gasteiger partial charge on any atom is -0.365 e.